The molecule has 0 atom stereocenters. The Morgan fingerprint density at radius 3 is 2.64 bits per heavy atom. The van der Waals surface area contributed by atoms with E-state index in [4.69, 9.17) is 32.7 Å². The van der Waals surface area contributed by atoms with Crippen LogP contribution in [-0.2, 0) is 27.4 Å². The third-order valence-electron chi connectivity index (χ3n) is 3.30. The topological polar surface area (TPSA) is 64.6 Å². The molecule has 0 radical (unpaired) electrons. The molecule has 7 heteroatoms. The van der Waals surface area contributed by atoms with Crippen LogP contribution in [0.15, 0.2) is 42.5 Å². The molecule has 0 spiro atoms. The summed E-state index contributed by atoms with van der Waals surface area (Å²) in [6.45, 7) is 0.234. The maximum atomic E-state index is 12.0. The fourth-order valence-corrected chi connectivity index (χ4v) is 2.55. The lowest BCUT2D eigenvalue weighted by molar-refractivity contribution is -0.124. The predicted octanol–water partition coefficient (Wildman–Crippen LogP) is 3.61. The second kappa shape index (κ2) is 9.42. The van der Waals surface area contributed by atoms with Crippen molar-refractivity contribution in [2.75, 3.05) is 13.7 Å². The van der Waals surface area contributed by atoms with Crippen molar-refractivity contribution in [3.8, 4) is 0 Å². The minimum atomic E-state index is -0.572. The van der Waals surface area contributed by atoms with Crippen molar-refractivity contribution in [1.29, 1.82) is 0 Å². The Hall–Kier alpha value is -2.08. The monoisotopic (exact) mass is 381 g/mol. The molecule has 25 heavy (non-hydrogen) atoms. The van der Waals surface area contributed by atoms with Crippen LogP contribution < -0.4 is 5.32 Å². The molecule has 2 aromatic rings. The number of halogens is 2. The molecule has 0 fully saturated rings. The van der Waals surface area contributed by atoms with E-state index in [1.807, 2.05) is 6.07 Å². The summed E-state index contributed by atoms with van der Waals surface area (Å²) in [5.41, 5.74) is 1.93. The molecular formula is C18H17Cl2NO4. The lowest BCUT2D eigenvalue weighted by Gasteiger charge is -2.09. The van der Waals surface area contributed by atoms with Gasteiger partial charge in [0.05, 0.1) is 12.2 Å². The summed E-state index contributed by atoms with van der Waals surface area (Å²) in [4.78, 5) is 23.8. The Morgan fingerprint density at radius 1 is 1.12 bits per heavy atom. The third-order valence-corrected chi connectivity index (χ3v) is 3.89. The number of amides is 1. The second-order valence-corrected chi connectivity index (χ2v) is 6.07. The first-order valence-electron chi connectivity index (χ1n) is 7.45. The number of carbonyl (C=O) groups excluding carboxylic acids is 2. The highest BCUT2D eigenvalue weighted by Gasteiger charge is 2.11. The van der Waals surface area contributed by atoms with Gasteiger partial charge in [-0.2, -0.15) is 0 Å². The van der Waals surface area contributed by atoms with Crippen molar-refractivity contribution in [3.63, 3.8) is 0 Å². The first-order valence-corrected chi connectivity index (χ1v) is 8.21. The fraction of sp³-hybridized carbons (Fsp3) is 0.222. The van der Waals surface area contributed by atoms with Crippen LogP contribution in [0, 0.1) is 0 Å². The molecule has 0 saturated heterocycles. The molecule has 0 saturated carbocycles. The number of benzene rings is 2. The van der Waals surface area contributed by atoms with Gasteiger partial charge in [0, 0.05) is 23.7 Å². The summed E-state index contributed by atoms with van der Waals surface area (Å²) in [5.74, 6) is -0.995. The lowest BCUT2D eigenvalue weighted by Crippen LogP contribution is -2.28. The predicted molar refractivity (Wildman–Crippen MR) is 95.7 cm³/mol. The maximum absolute atomic E-state index is 12.0. The zero-order valence-corrected chi connectivity index (χ0v) is 15.1. The van der Waals surface area contributed by atoms with Gasteiger partial charge in [-0.15, -0.1) is 0 Å². The van der Waals surface area contributed by atoms with Crippen LogP contribution >= 0.6 is 23.2 Å². The van der Waals surface area contributed by atoms with Gasteiger partial charge in [0.15, 0.2) is 6.61 Å². The summed E-state index contributed by atoms with van der Waals surface area (Å²) >= 11 is 11.8. The largest absolute Gasteiger partial charge is 0.452 e. The van der Waals surface area contributed by atoms with E-state index in [9.17, 15) is 9.59 Å². The van der Waals surface area contributed by atoms with Crippen LogP contribution in [0.25, 0.3) is 0 Å². The molecule has 2 rings (SSSR count). The van der Waals surface area contributed by atoms with Crippen LogP contribution in [0.2, 0.25) is 10.0 Å². The van der Waals surface area contributed by atoms with Crippen LogP contribution in [0.1, 0.15) is 21.5 Å². The Bertz CT molecular complexity index is 764. The maximum Gasteiger partial charge on any atom is 0.338 e. The Morgan fingerprint density at radius 2 is 1.92 bits per heavy atom. The molecule has 2 aromatic carbocycles. The van der Waals surface area contributed by atoms with Crippen LogP contribution in [0.4, 0.5) is 0 Å². The molecular weight excluding hydrogens is 365 g/mol. The number of hydrogen-bond acceptors (Lipinski definition) is 4. The van der Waals surface area contributed by atoms with Gasteiger partial charge in [-0.3, -0.25) is 4.79 Å². The quantitative estimate of drug-likeness (QED) is 0.743. The highest BCUT2D eigenvalue weighted by Crippen LogP contribution is 2.20. The molecule has 1 N–H and O–H groups in total. The van der Waals surface area contributed by atoms with E-state index in [-0.39, 0.29) is 13.2 Å². The molecule has 0 bridgehead atoms. The van der Waals surface area contributed by atoms with Crippen LogP contribution in [0.5, 0.6) is 0 Å². The molecule has 0 aliphatic rings. The summed E-state index contributed by atoms with van der Waals surface area (Å²) in [7, 11) is 1.57. The van der Waals surface area contributed by atoms with Gasteiger partial charge in [-0.1, -0.05) is 41.4 Å². The summed E-state index contributed by atoms with van der Waals surface area (Å²) in [5, 5.41) is 3.61. The first-order chi connectivity index (χ1) is 12.0. The van der Waals surface area contributed by atoms with Gasteiger partial charge in [0.25, 0.3) is 5.91 Å². The fourth-order valence-electron chi connectivity index (χ4n) is 2.08. The lowest BCUT2D eigenvalue weighted by atomic mass is 10.1. The van der Waals surface area contributed by atoms with E-state index >= 15 is 0 Å². The van der Waals surface area contributed by atoms with Crippen molar-refractivity contribution >= 4 is 35.1 Å². The molecule has 0 aliphatic heterocycles. The van der Waals surface area contributed by atoms with E-state index in [0.29, 0.717) is 22.2 Å². The number of hydrogen-bond donors (Lipinski definition) is 1. The van der Waals surface area contributed by atoms with Crippen molar-refractivity contribution in [2.24, 2.45) is 0 Å². The number of nitrogens with one attached hydrogen (secondary N) is 1. The molecule has 5 nitrogen and oxygen atoms in total. The molecule has 0 unspecified atom stereocenters. The average molecular weight is 382 g/mol. The normalized spacial score (nSPS) is 10.4. The second-order valence-electron chi connectivity index (χ2n) is 5.22. The van der Waals surface area contributed by atoms with Crippen molar-refractivity contribution in [1.82, 2.24) is 5.32 Å². The number of rotatable bonds is 7. The van der Waals surface area contributed by atoms with Gasteiger partial charge in [0.2, 0.25) is 0 Å². The van der Waals surface area contributed by atoms with E-state index in [2.05, 4.69) is 5.32 Å². The number of ether oxygens (including phenoxy) is 2. The molecule has 0 aliphatic carbocycles. The van der Waals surface area contributed by atoms with Gasteiger partial charge in [-0.05, 0) is 35.4 Å². The minimum absolute atomic E-state index is 0.218. The zero-order chi connectivity index (χ0) is 18.2. The third kappa shape index (κ3) is 6.05. The van der Waals surface area contributed by atoms with Gasteiger partial charge < -0.3 is 14.8 Å². The van der Waals surface area contributed by atoms with Gasteiger partial charge in [-0.25, -0.2) is 4.79 Å². The smallest absolute Gasteiger partial charge is 0.338 e. The van der Waals surface area contributed by atoms with E-state index in [1.54, 1.807) is 43.5 Å². The van der Waals surface area contributed by atoms with Crippen molar-refractivity contribution in [2.45, 2.75) is 13.2 Å². The van der Waals surface area contributed by atoms with Crippen LogP contribution in [-0.4, -0.2) is 25.6 Å². The molecule has 0 heterocycles. The zero-order valence-electron chi connectivity index (χ0n) is 13.6. The van der Waals surface area contributed by atoms with Crippen LogP contribution in [0.3, 0.4) is 0 Å². The number of esters is 1. The summed E-state index contributed by atoms with van der Waals surface area (Å²) in [6.07, 6.45) is 0. The number of methoxy groups -OCH3 is 1. The Kier molecular flexibility index (Phi) is 7.25. The standard InChI is InChI=1S/C18H17Cl2NO4/c1-24-10-12-3-2-4-13(7-12)18(23)25-11-17(22)21-9-14-5-6-15(19)8-16(14)20/h2-8H,9-11H2,1H3,(H,21,22). The molecule has 1 amide bonds. The highest BCUT2D eigenvalue weighted by atomic mass is 35.5. The first kappa shape index (κ1) is 19.2. The van der Waals surface area contributed by atoms with Crippen molar-refractivity contribution in [3.05, 3.63) is 69.2 Å². The van der Waals surface area contributed by atoms with Gasteiger partial charge in [0.1, 0.15) is 0 Å². The van der Waals surface area contributed by atoms with E-state index < -0.39 is 11.9 Å². The Labute approximate surface area is 155 Å². The average Bonchev–Trinajstić information content (AvgIpc) is 2.59. The number of carbonyl (C=O) groups is 2. The highest BCUT2D eigenvalue weighted by molar-refractivity contribution is 6.35. The van der Waals surface area contributed by atoms with Gasteiger partial charge >= 0.3 is 5.97 Å². The SMILES string of the molecule is COCc1cccc(C(=O)OCC(=O)NCc2ccc(Cl)cc2Cl)c1. The minimum Gasteiger partial charge on any atom is -0.452 e. The summed E-state index contributed by atoms with van der Waals surface area (Å²) in [6, 6.07) is 11.8. The summed E-state index contributed by atoms with van der Waals surface area (Å²) < 4.78 is 10.0. The van der Waals surface area contributed by atoms with E-state index in [0.717, 1.165) is 11.1 Å². The molecule has 132 valence electrons. The van der Waals surface area contributed by atoms with Crippen molar-refractivity contribution < 1.29 is 19.1 Å². The Balaban J connectivity index is 1.83. The molecule has 0 aromatic heterocycles. The van der Waals surface area contributed by atoms with E-state index in [1.165, 1.54) is 0 Å².